The molecule has 0 radical (unpaired) electrons. The molecule has 0 aliphatic heterocycles. The normalized spacial score (nSPS) is 10.9. The molecule has 0 spiro atoms. The van der Waals surface area contributed by atoms with Crippen molar-refractivity contribution in [3.8, 4) is 0 Å². The van der Waals surface area contributed by atoms with Crippen LogP contribution in [-0.2, 0) is 6.42 Å². The van der Waals surface area contributed by atoms with Crippen LogP contribution in [0.2, 0.25) is 5.02 Å². The van der Waals surface area contributed by atoms with E-state index in [0.29, 0.717) is 11.4 Å². The summed E-state index contributed by atoms with van der Waals surface area (Å²) < 4.78 is 1.85. The molecule has 0 atom stereocenters. The number of aliphatic hydroxyl groups excluding tert-OH is 1. The number of halogens is 1. The minimum Gasteiger partial charge on any atom is -0.396 e. The zero-order valence-corrected chi connectivity index (χ0v) is 7.70. The summed E-state index contributed by atoms with van der Waals surface area (Å²) in [6, 6.07) is 3.66. The maximum atomic E-state index is 8.73. The van der Waals surface area contributed by atoms with E-state index in [1.165, 1.54) is 0 Å². The van der Waals surface area contributed by atoms with Crippen LogP contribution in [0, 0.1) is 0 Å². The number of pyridine rings is 1. The van der Waals surface area contributed by atoms with E-state index in [-0.39, 0.29) is 6.61 Å². The molecule has 3 nitrogen and oxygen atoms in total. The Labute approximate surface area is 80.6 Å². The fourth-order valence-electron chi connectivity index (χ4n) is 1.26. The minimum atomic E-state index is 0.113. The Morgan fingerprint density at radius 3 is 3.08 bits per heavy atom. The van der Waals surface area contributed by atoms with Crippen LogP contribution < -0.4 is 0 Å². The molecular weight excluding hydrogens is 188 g/mol. The third-order valence-electron chi connectivity index (χ3n) is 1.85. The number of hydrogen-bond acceptors (Lipinski definition) is 2. The van der Waals surface area contributed by atoms with Gasteiger partial charge in [0, 0.05) is 25.4 Å². The molecule has 2 heterocycles. The van der Waals surface area contributed by atoms with Gasteiger partial charge in [0.25, 0.3) is 0 Å². The van der Waals surface area contributed by atoms with E-state index < -0.39 is 0 Å². The van der Waals surface area contributed by atoms with Crippen molar-refractivity contribution in [3.05, 3.63) is 35.2 Å². The predicted octanol–water partition coefficient (Wildman–Crippen LogP) is 1.52. The van der Waals surface area contributed by atoms with Crippen LogP contribution in [0.25, 0.3) is 5.65 Å². The van der Waals surface area contributed by atoms with Gasteiger partial charge in [-0.1, -0.05) is 11.6 Å². The first-order valence-electron chi connectivity index (χ1n) is 4.04. The molecule has 0 aliphatic rings. The summed E-state index contributed by atoms with van der Waals surface area (Å²) in [6.07, 6.45) is 4.32. The quantitative estimate of drug-likeness (QED) is 0.791. The predicted molar refractivity (Wildman–Crippen MR) is 51.0 cm³/mol. The van der Waals surface area contributed by atoms with Crippen LogP contribution in [-0.4, -0.2) is 21.1 Å². The van der Waals surface area contributed by atoms with E-state index in [4.69, 9.17) is 16.7 Å². The fourth-order valence-corrected chi connectivity index (χ4v) is 1.48. The number of fused-ring (bicyclic) bond motifs is 1. The highest BCUT2D eigenvalue weighted by atomic mass is 35.5. The van der Waals surface area contributed by atoms with Gasteiger partial charge in [-0.3, -0.25) is 0 Å². The Morgan fingerprint density at radius 2 is 2.38 bits per heavy atom. The summed E-state index contributed by atoms with van der Waals surface area (Å²) in [7, 11) is 0. The van der Waals surface area contributed by atoms with Gasteiger partial charge in [0.2, 0.25) is 0 Å². The van der Waals surface area contributed by atoms with Gasteiger partial charge in [-0.15, -0.1) is 0 Å². The van der Waals surface area contributed by atoms with Gasteiger partial charge in [0.05, 0.1) is 10.7 Å². The van der Waals surface area contributed by atoms with Crippen molar-refractivity contribution in [2.75, 3.05) is 6.61 Å². The second-order valence-corrected chi connectivity index (χ2v) is 3.20. The lowest BCUT2D eigenvalue weighted by molar-refractivity contribution is 0.298. The maximum absolute atomic E-state index is 8.73. The van der Waals surface area contributed by atoms with E-state index in [1.54, 1.807) is 6.07 Å². The van der Waals surface area contributed by atoms with Crippen molar-refractivity contribution in [1.29, 1.82) is 0 Å². The second kappa shape index (κ2) is 3.36. The van der Waals surface area contributed by atoms with Crippen LogP contribution >= 0.6 is 11.6 Å². The molecule has 0 aromatic carbocycles. The minimum absolute atomic E-state index is 0.113. The third kappa shape index (κ3) is 1.53. The molecule has 0 saturated carbocycles. The molecule has 13 heavy (non-hydrogen) atoms. The molecule has 0 bridgehead atoms. The summed E-state index contributed by atoms with van der Waals surface area (Å²) in [6.45, 7) is 0.113. The van der Waals surface area contributed by atoms with E-state index in [9.17, 15) is 0 Å². The lowest BCUT2D eigenvalue weighted by Gasteiger charge is -1.92. The number of hydrogen-bond donors (Lipinski definition) is 1. The van der Waals surface area contributed by atoms with Crippen molar-refractivity contribution in [2.45, 2.75) is 6.42 Å². The molecule has 1 N–H and O–H groups in total. The Kier molecular flexibility index (Phi) is 2.20. The lowest BCUT2D eigenvalue weighted by atomic mass is 10.4. The van der Waals surface area contributed by atoms with Crippen LogP contribution in [0.4, 0.5) is 0 Å². The number of nitrogens with zero attached hydrogens (tertiary/aromatic N) is 2. The molecule has 0 fully saturated rings. The third-order valence-corrected chi connectivity index (χ3v) is 2.15. The van der Waals surface area contributed by atoms with Gasteiger partial charge in [0.15, 0.2) is 5.65 Å². The van der Waals surface area contributed by atoms with Crippen LogP contribution in [0.5, 0.6) is 0 Å². The highest BCUT2D eigenvalue weighted by Crippen LogP contribution is 2.15. The summed E-state index contributed by atoms with van der Waals surface area (Å²) >= 11 is 5.92. The van der Waals surface area contributed by atoms with Crippen molar-refractivity contribution in [1.82, 2.24) is 9.38 Å². The van der Waals surface area contributed by atoms with Gasteiger partial charge in [-0.25, -0.2) is 4.98 Å². The van der Waals surface area contributed by atoms with Crippen molar-refractivity contribution in [3.63, 3.8) is 0 Å². The van der Waals surface area contributed by atoms with Crippen molar-refractivity contribution >= 4 is 17.2 Å². The van der Waals surface area contributed by atoms with Crippen LogP contribution in [0.15, 0.2) is 24.5 Å². The van der Waals surface area contributed by atoms with E-state index in [2.05, 4.69) is 4.98 Å². The number of rotatable bonds is 2. The van der Waals surface area contributed by atoms with Gasteiger partial charge in [0.1, 0.15) is 0 Å². The first-order valence-corrected chi connectivity index (χ1v) is 4.42. The van der Waals surface area contributed by atoms with Crippen molar-refractivity contribution < 1.29 is 5.11 Å². The van der Waals surface area contributed by atoms with Gasteiger partial charge in [-0.2, -0.15) is 0 Å². The van der Waals surface area contributed by atoms with Crippen molar-refractivity contribution in [2.24, 2.45) is 0 Å². The summed E-state index contributed by atoms with van der Waals surface area (Å²) in [5.74, 6) is 0. The molecule has 68 valence electrons. The topological polar surface area (TPSA) is 37.5 Å². The Bertz CT molecular complexity index is 424. The summed E-state index contributed by atoms with van der Waals surface area (Å²) in [5, 5.41) is 9.36. The molecule has 2 rings (SSSR count). The first-order chi connectivity index (χ1) is 6.31. The number of aliphatic hydroxyl groups is 1. The Hall–Kier alpha value is -1.06. The summed E-state index contributed by atoms with van der Waals surface area (Å²) in [4.78, 5) is 4.27. The van der Waals surface area contributed by atoms with Crippen LogP contribution in [0.1, 0.15) is 5.69 Å². The largest absolute Gasteiger partial charge is 0.396 e. The monoisotopic (exact) mass is 196 g/mol. The molecule has 0 saturated heterocycles. The first kappa shape index (κ1) is 8.53. The van der Waals surface area contributed by atoms with E-state index in [0.717, 1.165) is 11.3 Å². The zero-order valence-electron chi connectivity index (χ0n) is 6.94. The van der Waals surface area contributed by atoms with E-state index in [1.807, 2.05) is 22.9 Å². The lowest BCUT2D eigenvalue weighted by Crippen LogP contribution is -1.89. The standard InChI is InChI=1S/C9H9ClN2O/c10-8-2-1-4-12-6-7(3-5-13)11-9(8)12/h1-2,4,6,13H,3,5H2. The molecule has 0 aliphatic carbocycles. The highest BCUT2D eigenvalue weighted by molar-refractivity contribution is 6.33. The Balaban J connectivity index is 2.55. The summed E-state index contributed by atoms with van der Waals surface area (Å²) in [5.41, 5.74) is 1.60. The highest BCUT2D eigenvalue weighted by Gasteiger charge is 2.03. The van der Waals surface area contributed by atoms with Gasteiger partial charge < -0.3 is 9.51 Å². The maximum Gasteiger partial charge on any atom is 0.155 e. The SMILES string of the molecule is OCCc1cn2cccc(Cl)c2n1. The molecule has 2 aromatic heterocycles. The fraction of sp³-hybridized carbons (Fsp3) is 0.222. The average molecular weight is 197 g/mol. The van der Waals surface area contributed by atoms with E-state index >= 15 is 0 Å². The van der Waals surface area contributed by atoms with Crippen LogP contribution in [0.3, 0.4) is 0 Å². The smallest absolute Gasteiger partial charge is 0.155 e. The molecular formula is C9H9ClN2O. The van der Waals surface area contributed by atoms with Gasteiger partial charge >= 0.3 is 0 Å². The number of imidazole rings is 1. The Morgan fingerprint density at radius 1 is 1.54 bits per heavy atom. The molecule has 0 unspecified atom stereocenters. The van der Waals surface area contributed by atoms with Gasteiger partial charge in [-0.05, 0) is 12.1 Å². The number of aromatic nitrogens is 2. The average Bonchev–Trinajstić information content (AvgIpc) is 2.49. The second-order valence-electron chi connectivity index (χ2n) is 2.79. The molecule has 2 aromatic rings. The zero-order chi connectivity index (χ0) is 9.26. The molecule has 0 amide bonds. The molecule has 4 heteroatoms.